The molecule has 2 aliphatic rings. The van der Waals surface area contributed by atoms with Crippen LogP contribution in [0.5, 0.6) is 0 Å². The van der Waals surface area contributed by atoms with E-state index in [1.54, 1.807) is 0 Å². The second-order valence-electron chi connectivity index (χ2n) is 6.80. The molecular formula is C18H27ClN2O2. The largest absolute Gasteiger partial charge is 0.396 e. The molecule has 0 saturated heterocycles. The second-order valence-corrected chi connectivity index (χ2v) is 6.80. The Hall–Kier alpha value is -1.10. The van der Waals surface area contributed by atoms with Crippen molar-refractivity contribution >= 4 is 18.3 Å². The van der Waals surface area contributed by atoms with Crippen molar-refractivity contribution in [1.82, 2.24) is 5.32 Å². The van der Waals surface area contributed by atoms with E-state index in [1.807, 2.05) is 18.2 Å². The summed E-state index contributed by atoms with van der Waals surface area (Å²) in [4.78, 5) is 12.5. The van der Waals surface area contributed by atoms with Crippen molar-refractivity contribution in [3.63, 3.8) is 0 Å². The summed E-state index contributed by atoms with van der Waals surface area (Å²) < 4.78 is 0. The van der Waals surface area contributed by atoms with E-state index in [2.05, 4.69) is 17.4 Å². The van der Waals surface area contributed by atoms with Gasteiger partial charge in [-0.25, -0.2) is 0 Å². The number of amides is 1. The quantitative estimate of drug-likeness (QED) is 0.743. The van der Waals surface area contributed by atoms with Crippen molar-refractivity contribution in [1.29, 1.82) is 0 Å². The van der Waals surface area contributed by atoms with Gasteiger partial charge in [-0.2, -0.15) is 0 Å². The van der Waals surface area contributed by atoms with Crippen LogP contribution in [0.4, 0.5) is 0 Å². The van der Waals surface area contributed by atoms with Crippen LogP contribution in [0.25, 0.3) is 0 Å². The molecule has 1 aromatic rings. The van der Waals surface area contributed by atoms with Gasteiger partial charge >= 0.3 is 0 Å². The van der Waals surface area contributed by atoms with Crippen LogP contribution in [0.3, 0.4) is 0 Å². The van der Waals surface area contributed by atoms with Crippen molar-refractivity contribution < 1.29 is 9.90 Å². The highest BCUT2D eigenvalue weighted by molar-refractivity contribution is 5.85. The smallest absolute Gasteiger partial charge is 0.224 e. The molecule has 23 heavy (non-hydrogen) atoms. The zero-order valence-electron chi connectivity index (χ0n) is 13.4. The minimum absolute atomic E-state index is 0. The maximum absolute atomic E-state index is 12.5. The summed E-state index contributed by atoms with van der Waals surface area (Å²) in [6.07, 6.45) is 4.12. The Morgan fingerprint density at radius 1 is 1.26 bits per heavy atom. The molecule has 4 nitrogen and oxygen atoms in total. The van der Waals surface area contributed by atoms with E-state index in [4.69, 9.17) is 5.73 Å². The van der Waals surface area contributed by atoms with Crippen LogP contribution < -0.4 is 11.1 Å². The molecule has 2 bridgehead atoms. The molecule has 4 N–H and O–H groups in total. The predicted octanol–water partition coefficient (Wildman–Crippen LogP) is 2.06. The molecular weight excluding hydrogens is 312 g/mol. The summed E-state index contributed by atoms with van der Waals surface area (Å²) in [5.74, 6) is 1.28. The average Bonchev–Trinajstić information content (AvgIpc) is 3.13. The molecule has 128 valence electrons. The number of carbonyl (C=O) groups is 1. The first-order chi connectivity index (χ1) is 10.7. The SMILES string of the molecule is Cl.NC1C2CCC(C2)C1C(=O)NCC(CCO)c1ccccc1. The van der Waals surface area contributed by atoms with Gasteiger partial charge in [0.1, 0.15) is 0 Å². The van der Waals surface area contributed by atoms with Gasteiger partial charge in [0.2, 0.25) is 5.91 Å². The third-order valence-corrected chi connectivity index (χ3v) is 5.55. The van der Waals surface area contributed by atoms with Crippen LogP contribution in [-0.2, 0) is 4.79 Å². The van der Waals surface area contributed by atoms with E-state index >= 15 is 0 Å². The van der Waals surface area contributed by atoms with Crippen LogP contribution >= 0.6 is 12.4 Å². The van der Waals surface area contributed by atoms with Gasteiger partial charge < -0.3 is 16.2 Å². The van der Waals surface area contributed by atoms with Gasteiger partial charge in [-0.1, -0.05) is 30.3 Å². The standard InChI is InChI=1S/C18H26N2O2.ClH/c19-17-14-7-6-13(10-14)16(17)18(22)20-11-15(8-9-21)12-4-2-1-3-5-12;/h1-5,13-17,21H,6-11,19H2,(H,20,22);1H. The topological polar surface area (TPSA) is 75.4 Å². The van der Waals surface area contributed by atoms with Crippen molar-refractivity contribution in [2.24, 2.45) is 23.5 Å². The van der Waals surface area contributed by atoms with Gasteiger partial charge in [-0.3, -0.25) is 4.79 Å². The van der Waals surface area contributed by atoms with Crippen molar-refractivity contribution in [2.45, 2.75) is 37.6 Å². The van der Waals surface area contributed by atoms with Gasteiger partial charge in [0.25, 0.3) is 0 Å². The van der Waals surface area contributed by atoms with Crippen molar-refractivity contribution in [2.75, 3.05) is 13.2 Å². The Labute approximate surface area is 144 Å². The molecule has 0 radical (unpaired) electrons. The fourth-order valence-electron chi connectivity index (χ4n) is 4.33. The van der Waals surface area contributed by atoms with Crippen molar-refractivity contribution in [3.05, 3.63) is 35.9 Å². The highest BCUT2D eigenvalue weighted by atomic mass is 35.5. The number of aliphatic hydroxyl groups is 1. The summed E-state index contributed by atoms with van der Waals surface area (Å²) in [5, 5.41) is 12.4. The van der Waals surface area contributed by atoms with Gasteiger partial charge in [0, 0.05) is 25.1 Å². The molecule has 3 rings (SSSR count). The average molecular weight is 339 g/mol. The zero-order valence-corrected chi connectivity index (χ0v) is 14.2. The molecule has 5 atom stereocenters. The third kappa shape index (κ3) is 3.87. The highest BCUT2D eigenvalue weighted by Gasteiger charge is 2.48. The Kier molecular flexibility index (Phi) is 6.45. The molecule has 0 heterocycles. The van der Waals surface area contributed by atoms with Gasteiger partial charge in [-0.15, -0.1) is 12.4 Å². The van der Waals surface area contributed by atoms with E-state index in [0.29, 0.717) is 24.8 Å². The van der Waals surface area contributed by atoms with Gasteiger partial charge in [0.15, 0.2) is 0 Å². The third-order valence-electron chi connectivity index (χ3n) is 5.55. The van der Waals surface area contributed by atoms with Crippen LogP contribution in [0.15, 0.2) is 30.3 Å². The summed E-state index contributed by atoms with van der Waals surface area (Å²) in [7, 11) is 0. The normalized spacial score (nSPS) is 29.8. The molecule has 2 saturated carbocycles. The van der Waals surface area contributed by atoms with Gasteiger partial charge in [-0.05, 0) is 43.1 Å². The lowest BCUT2D eigenvalue weighted by Crippen LogP contribution is -2.46. The number of nitrogens with two attached hydrogens (primary N) is 1. The summed E-state index contributed by atoms with van der Waals surface area (Å²) in [5.41, 5.74) is 7.40. The predicted molar refractivity (Wildman–Crippen MR) is 93.4 cm³/mol. The summed E-state index contributed by atoms with van der Waals surface area (Å²) in [6, 6.07) is 10.1. The Bertz CT molecular complexity index is 509. The molecule has 5 unspecified atom stereocenters. The first kappa shape index (κ1) is 18.2. The summed E-state index contributed by atoms with van der Waals surface area (Å²) in [6.45, 7) is 0.701. The van der Waals surface area contributed by atoms with Gasteiger partial charge in [0.05, 0.1) is 5.92 Å². The Balaban J connectivity index is 0.00000192. The molecule has 2 aliphatic carbocycles. The van der Waals surface area contributed by atoms with Crippen LogP contribution in [0, 0.1) is 17.8 Å². The van der Waals surface area contributed by atoms with E-state index < -0.39 is 0 Å². The molecule has 5 heteroatoms. The van der Waals surface area contributed by atoms with Crippen LogP contribution in [0.1, 0.15) is 37.2 Å². The number of benzene rings is 1. The fourth-order valence-corrected chi connectivity index (χ4v) is 4.33. The first-order valence-corrected chi connectivity index (χ1v) is 8.39. The molecule has 0 aliphatic heterocycles. The summed E-state index contributed by atoms with van der Waals surface area (Å²) >= 11 is 0. The van der Waals surface area contributed by atoms with E-state index in [1.165, 1.54) is 6.42 Å². The number of nitrogens with one attached hydrogen (secondary N) is 1. The molecule has 2 fully saturated rings. The lowest BCUT2D eigenvalue weighted by Gasteiger charge is -2.28. The zero-order chi connectivity index (χ0) is 15.5. The first-order valence-electron chi connectivity index (χ1n) is 8.39. The van der Waals surface area contributed by atoms with E-state index in [9.17, 15) is 9.90 Å². The maximum Gasteiger partial charge on any atom is 0.224 e. The van der Waals surface area contributed by atoms with Crippen LogP contribution in [-0.4, -0.2) is 30.2 Å². The second kappa shape index (κ2) is 8.13. The Morgan fingerprint density at radius 2 is 1.96 bits per heavy atom. The number of fused-ring (bicyclic) bond motifs is 2. The Morgan fingerprint density at radius 3 is 2.57 bits per heavy atom. The highest BCUT2D eigenvalue weighted by Crippen LogP contribution is 2.47. The number of carbonyl (C=O) groups excluding carboxylic acids is 1. The number of rotatable bonds is 6. The maximum atomic E-state index is 12.5. The minimum atomic E-state index is -0.00991. The monoisotopic (exact) mass is 338 g/mol. The lowest BCUT2D eigenvalue weighted by molar-refractivity contribution is -0.127. The lowest BCUT2D eigenvalue weighted by atomic mass is 9.84. The van der Waals surface area contributed by atoms with E-state index in [-0.39, 0.29) is 42.8 Å². The molecule has 1 aromatic carbocycles. The number of hydrogen-bond acceptors (Lipinski definition) is 3. The fraction of sp³-hybridized carbons (Fsp3) is 0.611. The number of hydrogen-bond donors (Lipinski definition) is 3. The molecule has 0 aromatic heterocycles. The minimum Gasteiger partial charge on any atom is -0.396 e. The van der Waals surface area contributed by atoms with Crippen molar-refractivity contribution in [3.8, 4) is 0 Å². The van der Waals surface area contributed by atoms with Crippen LogP contribution in [0.2, 0.25) is 0 Å². The number of aliphatic hydroxyl groups excluding tert-OH is 1. The number of halogens is 1. The molecule has 0 spiro atoms. The van der Waals surface area contributed by atoms with E-state index in [0.717, 1.165) is 18.4 Å². The molecule has 1 amide bonds.